The maximum absolute atomic E-state index is 11.7. The number of fused-ring (bicyclic) bond motifs is 1. The molecule has 15 heavy (non-hydrogen) atoms. The van der Waals surface area contributed by atoms with Gasteiger partial charge >= 0.3 is 0 Å². The molecule has 1 aromatic heterocycles. The molecule has 0 fully saturated rings. The van der Waals surface area contributed by atoms with Crippen molar-refractivity contribution in [1.29, 1.82) is 0 Å². The van der Waals surface area contributed by atoms with Gasteiger partial charge in [0.05, 0.1) is 17.0 Å². The normalized spacial score (nSPS) is 15.5. The average Bonchev–Trinajstić information content (AvgIpc) is 2.44. The van der Waals surface area contributed by atoms with Gasteiger partial charge in [0.1, 0.15) is 0 Å². The van der Waals surface area contributed by atoms with Crippen molar-refractivity contribution in [3.63, 3.8) is 0 Å². The summed E-state index contributed by atoms with van der Waals surface area (Å²) < 4.78 is 0. The lowest BCUT2D eigenvalue weighted by atomic mass is 9.88. The third kappa shape index (κ3) is 1.60. The maximum Gasteiger partial charge on any atom is 0.220 e. The van der Waals surface area contributed by atoms with Crippen LogP contribution >= 0.6 is 0 Å². The fourth-order valence-electron chi connectivity index (χ4n) is 1.90. The van der Waals surface area contributed by atoms with E-state index in [0.29, 0.717) is 18.4 Å². The second-order valence-electron chi connectivity index (χ2n) is 4.93. The lowest BCUT2D eigenvalue weighted by molar-refractivity contribution is 0.0992. The largest absolute Gasteiger partial charge is 0.368 e. The van der Waals surface area contributed by atoms with E-state index in [-0.39, 0.29) is 17.1 Å². The minimum atomic E-state index is -0.166. The smallest absolute Gasteiger partial charge is 0.220 e. The van der Waals surface area contributed by atoms with Crippen LogP contribution in [0.5, 0.6) is 0 Å². The molecule has 0 radical (unpaired) electrons. The number of nitrogens with two attached hydrogens (primary N) is 1. The summed E-state index contributed by atoms with van der Waals surface area (Å²) in [5.74, 6) is 0.420. The number of anilines is 1. The van der Waals surface area contributed by atoms with Crippen LogP contribution in [-0.2, 0) is 11.8 Å². The van der Waals surface area contributed by atoms with Crippen molar-refractivity contribution in [1.82, 2.24) is 9.97 Å². The van der Waals surface area contributed by atoms with Gasteiger partial charge in [-0.3, -0.25) is 4.79 Å². The van der Waals surface area contributed by atoms with E-state index in [1.54, 1.807) is 0 Å². The molecule has 0 unspecified atom stereocenters. The molecule has 1 aliphatic carbocycles. The fourth-order valence-corrected chi connectivity index (χ4v) is 1.90. The first-order valence-electron chi connectivity index (χ1n) is 5.09. The molecule has 0 spiro atoms. The van der Waals surface area contributed by atoms with E-state index in [0.717, 1.165) is 11.4 Å². The first-order chi connectivity index (χ1) is 6.89. The number of hydrogen-bond acceptors (Lipinski definition) is 4. The van der Waals surface area contributed by atoms with Gasteiger partial charge in [0, 0.05) is 11.8 Å². The summed E-state index contributed by atoms with van der Waals surface area (Å²) in [6.45, 7) is 6.09. The van der Waals surface area contributed by atoms with Gasteiger partial charge in [-0.1, -0.05) is 20.8 Å². The van der Waals surface area contributed by atoms with Crippen molar-refractivity contribution in [3.05, 3.63) is 17.0 Å². The number of rotatable bonds is 0. The highest BCUT2D eigenvalue weighted by atomic mass is 16.1. The van der Waals surface area contributed by atoms with Crippen molar-refractivity contribution in [2.24, 2.45) is 0 Å². The van der Waals surface area contributed by atoms with Crippen LogP contribution in [0.4, 0.5) is 5.95 Å². The third-order valence-corrected chi connectivity index (χ3v) is 2.58. The molecule has 2 N–H and O–H groups in total. The van der Waals surface area contributed by atoms with E-state index >= 15 is 0 Å². The predicted molar refractivity (Wildman–Crippen MR) is 57.8 cm³/mol. The van der Waals surface area contributed by atoms with E-state index in [2.05, 4.69) is 9.97 Å². The maximum atomic E-state index is 11.7. The lowest BCUT2D eigenvalue weighted by Gasteiger charge is -2.20. The van der Waals surface area contributed by atoms with Crippen molar-refractivity contribution < 1.29 is 4.79 Å². The Labute approximate surface area is 88.9 Å². The Morgan fingerprint density at radius 2 is 1.87 bits per heavy atom. The number of ketones is 1. The van der Waals surface area contributed by atoms with Crippen molar-refractivity contribution in [2.75, 3.05) is 5.73 Å². The van der Waals surface area contributed by atoms with Gasteiger partial charge in [-0.15, -0.1) is 0 Å². The molecule has 0 aromatic carbocycles. The van der Waals surface area contributed by atoms with Crippen LogP contribution in [0, 0.1) is 0 Å². The number of nitrogens with zero attached hydrogens (tertiary/aromatic N) is 2. The van der Waals surface area contributed by atoms with Crippen LogP contribution < -0.4 is 5.73 Å². The summed E-state index contributed by atoms with van der Waals surface area (Å²) in [4.78, 5) is 20.1. The number of aromatic nitrogens is 2. The van der Waals surface area contributed by atoms with Gasteiger partial charge in [-0.2, -0.15) is 0 Å². The molecule has 0 amide bonds. The molecule has 4 heteroatoms. The highest BCUT2D eigenvalue weighted by molar-refractivity contribution is 6.01. The Hall–Kier alpha value is -1.45. The van der Waals surface area contributed by atoms with Gasteiger partial charge in [0.25, 0.3) is 0 Å². The van der Waals surface area contributed by atoms with E-state index in [4.69, 9.17) is 5.73 Å². The summed E-state index contributed by atoms with van der Waals surface area (Å²) in [6.07, 6.45) is 1.24. The SMILES string of the molecule is CC(C)(C)c1nc(N)nc2c1C(=O)CC2. The zero-order valence-corrected chi connectivity index (χ0v) is 9.29. The second kappa shape index (κ2) is 3.02. The summed E-state index contributed by atoms with van der Waals surface area (Å²) in [5, 5.41) is 0. The number of Topliss-reactive ketones (excluding diaryl/α,β-unsaturated/α-hetero) is 1. The summed E-state index contributed by atoms with van der Waals surface area (Å²) in [5.41, 5.74) is 7.78. The second-order valence-corrected chi connectivity index (χ2v) is 4.93. The van der Waals surface area contributed by atoms with Gasteiger partial charge < -0.3 is 5.73 Å². The molecule has 0 aliphatic heterocycles. The average molecular weight is 205 g/mol. The van der Waals surface area contributed by atoms with Gasteiger partial charge in [0.2, 0.25) is 5.95 Å². The Morgan fingerprint density at radius 3 is 2.47 bits per heavy atom. The van der Waals surface area contributed by atoms with E-state index in [1.807, 2.05) is 20.8 Å². The predicted octanol–water partition coefficient (Wildman–Crippen LogP) is 1.49. The van der Waals surface area contributed by atoms with Crippen LogP contribution in [0.15, 0.2) is 0 Å². The number of hydrogen-bond donors (Lipinski definition) is 1. The van der Waals surface area contributed by atoms with Crippen LogP contribution in [-0.4, -0.2) is 15.8 Å². The minimum Gasteiger partial charge on any atom is -0.368 e. The topological polar surface area (TPSA) is 68.9 Å². The van der Waals surface area contributed by atoms with Gasteiger partial charge in [0.15, 0.2) is 5.78 Å². The molecule has 0 saturated carbocycles. The zero-order chi connectivity index (χ0) is 11.2. The molecule has 0 saturated heterocycles. The molecular formula is C11H15N3O. The first-order valence-corrected chi connectivity index (χ1v) is 5.09. The molecular weight excluding hydrogens is 190 g/mol. The van der Waals surface area contributed by atoms with Crippen molar-refractivity contribution >= 4 is 11.7 Å². The van der Waals surface area contributed by atoms with Crippen LogP contribution in [0.1, 0.15) is 48.9 Å². The molecule has 0 atom stereocenters. The fraction of sp³-hybridized carbons (Fsp3) is 0.545. The molecule has 1 aromatic rings. The summed E-state index contributed by atoms with van der Waals surface area (Å²) in [6, 6.07) is 0. The molecule has 1 aliphatic rings. The third-order valence-electron chi connectivity index (χ3n) is 2.58. The van der Waals surface area contributed by atoms with Crippen molar-refractivity contribution in [3.8, 4) is 0 Å². The number of aryl methyl sites for hydroxylation is 1. The molecule has 80 valence electrons. The Morgan fingerprint density at radius 1 is 1.20 bits per heavy atom. The van der Waals surface area contributed by atoms with Crippen LogP contribution in [0.2, 0.25) is 0 Å². The van der Waals surface area contributed by atoms with E-state index < -0.39 is 0 Å². The Bertz CT molecular complexity index is 432. The highest BCUT2D eigenvalue weighted by Gasteiger charge is 2.31. The molecule has 2 rings (SSSR count). The van der Waals surface area contributed by atoms with Crippen molar-refractivity contribution in [2.45, 2.75) is 39.0 Å². The standard InChI is InChI=1S/C11H15N3O/c1-11(2,3)9-8-6(4-5-7(8)15)13-10(12)14-9/h4-5H2,1-3H3,(H2,12,13,14). The number of carbonyl (C=O) groups excluding carboxylic acids is 1. The van der Waals surface area contributed by atoms with Gasteiger partial charge in [-0.05, 0) is 6.42 Å². The minimum absolute atomic E-state index is 0.148. The quantitative estimate of drug-likeness (QED) is 0.696. The summed E-state index contributed by atoms with van der Waals surface area (Å²) >= 11 is 0. The van der Waals surface area contributed by atoms with Crippen LogP contribution in [0.25, 0.3) is 0 Å². The molecule has 4 nitrogen and oxygen atoms in total. The molecule has 1 heterocycles. The Kier molecular flexibility index (Phi) is 2.03. The molecule has 0 bridgehead atoms. The van der Waals surface area contributed by atoms with E-state index in [9.17, 15) is 4.79 Å². The van der Waals surface area contributed by atoms with Crippen LogP contribution in [0.3, 0.4) is 0 Å². The first kappa shape index (κ1) is 10.1. The Balaban J connectivity index is 2.69. The lowest BCUT2D eigenvalue weighted by Crippen LogP contribution is -2.20. The zero-order valence-electron chi connectivity index (χ0n) is 9.29. The number of carbonyl (C=O) groups is 1. The van der Waals surface area contributed by atoms with Gasteiger partial charge in [-0.25, -0.2) is 9.97 Å². The number of nitrogen functional groups attached to an aromatic ring is 1. The summed E-state index contributed by atoms with van der Waals surface area (Å²) in [7, 11) is 0. The highest BCUT2D eigenvalue weighted by Crippen LogP contribution is 2.31. The van der Waals surface area contributed by atoms with E-state index in [1.165, 1.54) is 0 Å². The monoisotopic (exact) mass is 205 g/mol.